The molecule has 3 aromatic rings. The second-order valence-electron chi connectivity index (χ2n) is 5.95. The fourth-order valence-corrected chi connectivity index (χ4v) is 2.40. The smallest absolute Gasteiger partial charge is 0.337 e. The summed E-state index contributed by atoms with van der Waals surface area (Å²) in [5.41, 5.74) is 3.57. The SMILES string of the molecule is COC(=O)c1ccc(Nc2ccc(C(=O)Nc3ccc(C)cc3)cn2)cc1. The summed E-state index contributed by atoms with van der Waals surface area (Å²) in [4.78, 5) is 28.0. The number of methoxy groups -OCH3 is 1. The summed E-state index contributed by atoms with van der Waals surface area (Å²) in [5, 5.41) is 5.95. The van der Waals surface area contributed by atoms with E-state index in [-0.39, 0.29) is 11.9 Å². The van der Waals surface area contributed by atoms with Gasteiger partial charge in [0.15, 0.2) is 0 Å². The number of ether oxygens (including phenoxy) is 1. The third kappa shape index (κ3) is 4.70. The largest absolute Gasteiger partial charge is 0.465 e. The Labute approximate surface area is 157 Å². The Bertz CT molecular complexity index is 934. The molecule has 2 aromatic carbocycles. The summed E-state index contributed by atoms with van der Waals surface area (Å²) in [6.07, 6.45) is 1.51. The topological polar surface area (TPSA) is 80.3 Å². The van der Waals surface area contributed by atoms with Crippen LogP contribution in [0.25, 0.3) is 0 Å². The van der Waals surface area contributed by atoms with E-state index in [0.29, 0.717) is 16.9 Å². The highest BCUT2D eigenvalue weighted by molar-refractivity contribution is 6.04. The lowest BCUT2D eigenvalue weighted by molar-refractivity contribution is 0.0600. The van der Waals surface area contributed by atoms with Crippen molar-refractivity contribution in [3.63, 3.8) is 0 Å². The van der Waals surface area contributed by atoms with Crippen LogP contribution in [0.4, 0.5) is 17.2 Å². The number of amides is 1. The number of carbonyl (C=O) groups is 2. The molecule has 6 heteroatoms. The van der Waals surface area contributed by atoms with Crippen LogP contribution in [0.3, 0.4) is 0 Å². The molecule has 1 aromatic heterocycles. The van der Waals surface area contributed by atoms with Gasteiger partial charge in [-0.05, 0) is 55.5 Å². The van der Waals surface area contributed by atoms with Crippen LogP contribution in [-0.2, 0) is 4.74 Å². The Kier molecular flexibility index (Phi) is 5.47. The van der Waals surface area contributed by atoms with Crippen molar-refractivity contribution in [2.75, 3.05) is 17.7 Å². The van der Waals surface area contributed by atoms with E-state index in [4.69, 9.17) is 0 Å². The third-order valence-corrected chi connectivity index (χ3v) is 3.91. The van der Waals surface area contributed by atoms with Crippen molar-refractivity contribution in [2.45, 2.75) is 6.92 Å². The van der Waals surface area contributed by atoms with Crippen molar-refractivity contribution in [3.8, 4) is 0 Å². The van der Waals surface area contributed by atoms with E-state index in [9.17, 15) is 9.59 Å². The van der Waals surface area contributed by atoms with E-state index in [2.05, 4.69) is 20.4 Å². The molecule has 0 aliphatic rings. The van der Waals surface area contributed by atoms with Crippen LogP contribution in [0.5, 0.6) is 0 Å². The molecular formula is C21H19N3O3. The lowest BCUT2D eigenvalue weighted by Gasteiger charge is -2.08. The minimum atomic E-state index is -0.386. The van der Waals surface area contributed by atoms with Gasteiger partial charge in [-0.15, -0.1) is 0 Å². The minimum Gasteiger partial charge on any atom is -0.465 e. The van der Waals surface area contributed by atoms with Gasteiger partial charge in [0.1, 0.15) is 5.82 Å². The Balaban J connectivity index is 1.63. The van der Waals surface area contributed by atoms with Crippen LogP contribution >= 0.6 is 0 Å². The first-order valence-corrected chi connectivity index (χ1v) is 8.34. The molecule has 0 unspecified atom stereocenters. The molecule has 3 rings (SSSR count). The van der Waals surface area contributed by atoms with Gasteiger partial charge in [0.25, 0.3) is 5.91 Å². The number of aryl methyl sites for hydroxylation is 1. The van der Waals surface area contributed by atoms with Gasteiger partial charge >= 0.3 is 5.97 Å². The van der Waals surface area contributed by atoms with Crippen LogP contribution < -0.4 is 10.6 Å². The Morgan fingerprint density at radius 3 is 2.07 bits per heavy atom. The lowest BCUT2D eigenvalue weighted by Crippen LogP contribution is -2.12. The van der Waals surface area contributed by atoms with Crippen LogP contribution in [0.1, 0.15) is 26.3 Å². The number of nitrogens with one attached hydrogen (secondary N) is 2. The predicted molar refractivity (Wildman–Crippen MR) is 104 cm³/mol. The van der Waals surface area contributed by atoms with Gasteiger partial charge in [-0.25, -0.2) is 9.78 Å². The molecule has 0 aliphatic carbocycles. The van der Waals surface area contributed by atoms with E-state index in [1.807, 2.05) is 31.2 Å². The molecule has 0 bridgehead atoms. The second-order valence-corrected chi connectivity index (χ2v) is 5.95. The van der Waals surface area contributed by atoms with Crippen LogP contribution in [0.15, 0.2) is 66.9 Å². The zero-order chi connectivity index (χ0) is 19.2. The number of nitrogens with zero attached hydrogens (tertiary/aromatic N) is 1. The normalized spacial score (nSPS) is 10.1. The number of hydrogen-bond acceptors (Lipinski definition) is 5. The van der Waals surface area contributed by atoms with Crippen molar-refractivity contribution in [1.29, 1.82) is 0 Å². The Hall–Kier alpha value is -3.67. The number of carbonyl (C=O) groups excluding carboxylic acids is 2. The van der Waals surface area contributed by atoms with Crippen molar-refractivity contribution < 1.29 is 14.3 Å². The molecule has 1 heterocycles. The molecule has 0 radical (unpaired) electrons. The number of esters is 1. The summed E-state index contributed by atoms with van der Waals surface area (Å²) >= 11 is 0. The number of pyridine rings is 1. The average Bonchev–Trinajstić information content (AvgIpc) is 2.70. The van der Waals surface area contributed by atoms with E-state index in [1.54, 1.807) is 36.4 Å². The first-order valence-electron chi connectivity index (χ1n) is 8.34. The van der Waals surface area contributed by atoms with E-state index < -0.39 is 0 Å². The predicted octanol–water partition coefficient (Wildman–Crippen LogP) is 4.17. The fraction of sp³-hybridized carbons (Fsp3) is 0.0952. The minimum absolute atomic E-state index is 0.222. The van der Waals surface area contributed by atoms with Crippen LogP contribution in [0.2, 0.25) is 0 Å². The standard InChI is InChI=1S/C21H19N3O3/c1-14-3-8-18(9-4-14)24-20(25)16-7-12-19(22-13-16)23-17-10-5-15(6-11-17)21(26)27-2/h3-13H,1-2H3,(H,22,23)(H,24,25). The summed E-state index contributed by atoms with van der Waals surface area (Å²) in [7, 11) is 1.34. The van der Waals surface area contributed by atoms with Gasteiger partial charge in [-0.3, -0.25) is 4.79 Å². The molecule has 0 aliphatic heterocycles. The zero-order valence-electron chi connectivity index (χ0n) is 15.0. The maximum atomic E-state index is 12.3. The molecule has 6 nitrogen and oxygen atoms in total. The molecule has 2 N–H and O–H groups in total. The van der Waals surface area contributed by atoms with E-state index in [0.717, 1.165) is 16.9 Å². The third-order valence-electron chi connectivity index (χ3n) is 3.91. The zero-order valence-corrected chi connectivity index (χ0v) is 15.0. The van der Waals surface area contributed by atoms with Gasteiger partial charge in [0.2, 0.25) is 0 Å². The van der Waals surface area contributed by atoms with E-state index in [1.165, 1.54) is 13.3 Å². The molecule has 0 fully saturated rings. The quantitative estimate of drug-likeness (QED) is 0.667. The molecule has 1 amide bonds. The van der Waals surface area contributed by atoms with Crippen LogP contribution in [-0.4, -0.2) is 24.0 Å². The van der Waals surface area contributed by atoms with Gasteiger partial charge < -0.3 is 15.4 Å². The number of anilines is 3. The molecule has 0 saturated heterocycles. The van der Waals surface area contributed by atoms with Crippen molar-refractivity contribution in [3.05, 3.63) is 83.6 Å². The molecule has 0 saturated carbocycles. The van der Waals surface area contributed by atoms with Crippen molar-refractivity contribution in [1.82, 2.24) is 4.98 Å². The van der Waals surface area contributed by atoms with E-state index >= 15 is 0 Å². The summed E-state index contributed by atoms with van der Waals surface area (Å²) in [5.74, 6) is -0.0170. The number of benzene rings is 2. The monoisotopic (exact) mass is 361 g/mol. The Morgan fingerprint density at radius 2 is 1.48 bits per heavy atom. The van der Waals surface area contributed by atoms with Gasteiger partial charge in [0, 0.05) is 17.6 Å². The summed E-state index contributed by atoms with van der Waals surface area (Å²) in [6.45, 7) is 1.99. The molecule has 136 valence electrons. The Morgan fingerprint density at radius 1 is 0.852 bits per heavy atom. The number of rotatable bonds is 5. The van der Waals surface area contributed by atoms with Gasteiger partial charge in [-0.2, -0.15) is 0 Å². The highest BCUT2D eigenvalue weighted by atomic mass is 16.5. The summed E-state index contributed by atoms with van der Waals surface area (Å²) in [6, 6.07) is 17.8. The first-order chi connectivity index (χ1) is 13.0. The number of aromatic nitrogens is 1. The highest BCUT2D eigenvalue weighted by Crippen LogP contribution is 2.17. The van der Waals surface area contributed by atoms with Gasteiger partial charge in [0.05, 0.1) is 18.2 Å². The molecule has 0 atom stereocenters. The lowest BCUT2D eigenvalue weighted by atomic mass is 10.2. The maximum absolute atomic E-state index is 12.3. The second kappa shape index (κ2) is 8.14. The molecular weight excluding hydrogens is 342 g/mol. The van der Waals surface area contributed by atoms with Crippen LogP contribution in [0, 0.1) is 6.92 Å². The van der Waals surface area contributed by atoms with Gasteiger partial charge in [-0.1, -0.05) is 17.7 Å². The average molecular weight is 361 g/mol. The van der Waals surface area contributed by atoms with Crippen molar-refractivity contribution in [2.24, 2.45) is 0 Å². The fourth-order valence-electron chi connectivity index (χ4n) is 2.40. The summed E-state index contributed by atoms with van der Waals surface area (Å²) < 4.78 is 4.67. The van der Waals surface area contributed by atoms with Crippen molar-refractivity contribution >= 4 is 29.1 Å². The molecule has 27 heavy (non-hydrogen) atoms. The maximum Gasteiger partial charge on any atom is 0.337 e. The molecule has 0 spiro atoms. The number of hydrogen-bond donors (Lipinski definition) is 2. The first kappa shape index (κ1) is 18.1. The highest BCUT2D eigenvalue weighted by Gasteiger charge is 2.08.